The molecule has 0 radical (unpaired) electrons. The van der Waals surface area contributed by atoms with E-state index in [4.69, 9.17) is 9.47 Å². The standard InChI is InChI=1S/C21H18FIN2O4/c1-28-20-11-15(12-24-17-6-4-16(22)5-7-17)10-19(23)21(20)29-13-14-2-8-18(9-3-14)25(26)27/h2-11,24H,12-13H2,1H3. The molecule has 0 atom stereocenters. The van der Waals surface area contributed by atoms with Crippen LogP contribution in [-0.4, -0.2) is 12.0 Å². The second-order valence-corrected chi connectivity index (χ2v) is 7.34. The lowest BCUT2D eigenvalue weighted by atomic mass is 10.2. The zero-order valence-electron chi connectivity index (χ0n) is 15.5. The molecule has 6 nitrogen and oxygen atoms in total. The third-order valence-corrected chi connectivity index (χ3v) is 4.96. The summed E-state index contributed by atoms with van der Waals surface area (Å²) >= 11 is 2.18. The fraction of sp³-hybridized carbons (Fsp3) is 0.143. The second-order valence-electron chi connectivity index (χ2n) is 6.18. The highest BCUT2D eigenvalue weighted by molar-refractivity contribution is 14.1. The van der Waals surface area contributed by atoms with E-state index in [1.165, 1.54) is 24.3 Å². The van der Waals surface area contributed by atoms with Crippen LogP contribution in [0.2, 0.25) is 0 Å². The van der Waals surface area contributed by atoms with Gasteiger partial charge in [-0.1, -0.05) is 0 Å². The molecule has 0 aliphatic heterocycles. The molecule has 3 aromatic rings. The van der Waals surface area contributed by atoms with Crippen molar-refractivity contribution in [3.8, 4) is 11.5 Å². The summed E-state index contributed by atoms with van der Waals surface area (Å²) in [4.78, 5) is 10.3. The summed E-state index contributed by atoms with van der Waals surface area (Å²) in [6.07, 6.45) is 0. The summed E-state index contributed by atoms with van der Waals surface area (Å²) < 4.78 is 25.3. The van der Waals surface area contributed by atoms with E-state index >= 15 is 0 Å². The molecule has 3 aromatic carbocycles. The number of nitrogens with zero attached hydrogens (tertiary/aromatic N) is 1. The van der Waals surface area contributed by atoms with Gasteiger partial charge in [-0.15, -0.1) is 0 Å². The van der Waals surface area contributed by atoms with Crippen molar-refractivity contribution in [1.82, 2.24) is 0 Å². The lowest BCUT2D eigenvalue weighted by Crippen LogP contribution is -2.04. The van der Waals surface area contributed by atoms with Gasteiger partial charge in [-0.25, -0.2) is 4.39 Å². The van der Waals surface area contributed by atoms with Crippen LogP contribution in [0.3, 0.4) is 0 Å². The molecule has 1 N–H and O–H groups in total. The number of nitrogens with one attached hydrogen (secondary N) is 1. The normalized spacial score (nSPS) is 10.4. The molecule has 0 aliphatic rings. The molecule has 0 saturated heterocycles. The number of ether oxygens (including phenoxy) is 2. The summed E-state index contributed by atoms with van der Waals surface area (Å²) in [6.45, 7) is 0.804. The van der Waals surface area contributed by atoms with Crippen LogP contribution in [0.25, 0.3) is 0 Å². The van der Waals surface area contributed by atoms with E-state index in [1.807, 2.05) is 12.1 Å². The Labute approximate surface area is 180 Å². The molecule has 0 bridgehead atoms. The lowest BCUT2D eigenvalue weighted by Gasteiger charge is -2.15. The topological polar surface area (TPSA) is 73.6 Å². The zero-order chi connectivity index (χ0) is 20.8. The molecule has 0 spiro atoms. The molecule has 0 unspecified atom stereocenters. The maximum Gasteiger partial charge on any atom is 0.269 e. The molecule has 0 aromatic heterocycles. The van der Waals surface area contributed by atoms with Crippen molar-refractivity contribution in [2.24, 2.45) is 0 Å². The molecule has 0 aliphatic carbocycles. The number of non-ortho nitro benzene ring substituents is 1. The Kier molecular flexibility index (Phi) is 6.86. The van der Waals surface area contributed by atoms with Crippen LogP contribution >= 0.6 is 22.6 Å². The van der Waals surface area contributed by atoms with Gasteiger partial charge in [0.15, 0.2) is 11.5 Å². The van der Waals surface area contributed by atoms with Gasteiger partial charge >= 0.3 is 0 Å². The Morgan fingerprint density at radius 3 is 2.38 bits per heavy atom. The highest BCUT2D eigenvalue weighted by atomic mass is 127. The van der Waals surface area contributed by atoms with Gasteiger partial charge in [-0.2, -0.15) is 0 Å². The number of methoxy groups -OCH3 is 1. The molecule has 0 saturated carbocycles. The minimum atomic E-state index is -0.435. The number of nitro benzene ring substituents is 1. The second kappa shape index (κ2) is 9.55. The van der Waals surface area contributed by atoms with Gasteiger partial charge < -0.3 is 14.8 Å². The zero-order valence-corrected chi connectivity index (χ0v) is 17.7. The monoisotopic (exact) mass is 508 g/mol. The van der Waals surface area contributed by atoms with Crippen LogP contribution in [0.5, 0.6) is 11.5 Å². The highest BCUT2D eigenvalue weighted by Crippen LogP contribution is 2.35. The van der Waals surface area contributed by atoms with Gasteiger partial charge in [0.2, 0.25) is 0 Å². The molecule has 0 heterocycles. The fourth-order valence-electron chi connectivity index (χ4n) is 2.66. The number of benzene rings is 3. The van der Waals surface area contributed by atoms with Crippen molar-refractivity contribution < 1.29 is 18.8 Å². The Balaban J connectivity index is 1.69. The molecular weight excluding hydrogens is 490 g/mol. The number of halogens is 2. The number of hydrogen-bond donors (Lipinski definition) is 1. The Bertz CT molecular complexity index is 995. The van der Waals surface area contributed by atoms with Crippen LogP contribution < -0.4 is 14.8 Å². The van der Waals surface area contributed by atoms with E-state index in [1.54, 1.807) is 31.4 Å². The summed E-state index contributed by atoms with van der Waals surface area (Å²) in [7, 11) is 1.57. The number of hydrogen-bond acceptors (Lipinski definition) is 5. The quantitative estimate of drug-likeness (QED) is 0.246. The van der Waals surface area contributed by atoms with Crippen molar-refractivity contribution in [3.05, 3.63) is 91.3 Å². The lowest BCUT2D eigenvalue weighted by molar-refractivity contribution is -0.384. The van der Waals surface area contributed by atoms with Crippen LogP contribution in [-0.2, 0) is 13.2 Å². The Morgan fingerprint density at radius 1 is 1.07 bits per heavy atom. The molecule has 3 rings (SSSR count). The van der Waals surface area contributed by atoms with Crippen molar-refractivity contribution in [2.45, 2.75) is 13.2 Å². The smallest absolute Gasteiger partial charge is 0.269 e. The van der Waals surface area contributed by atoms with Crippen LogP contribution in [0.15, 0.2) is 60.7 Å². The van der Waals surface area contributed by atoms with E-state index in [9.17, 15) is 14.5 Å². The van der Waals surface area contributed by atoms with E-state index in [0.29, 0.717) is 18.0 Å². The van der Waals surface area contributed by atoms with Crippen LogP contribution in [0, 0.1) is 19.5 Å². The minimum Gasteiger partial charge on any atom is -0.493 e. The van der Waals surface area contributed by atoms with Gasteiger partial charge in [0, 0.05) is 24.4 Å². The molecule has 150 valence electrons. The molecule has 0 fully saturated rings. The first-order valence-corrected chi connectivity index (χ1v) is 9.76. The average molecular weight is 508 g/mol. The summed E-state index contributed by atoms with van der Waals surface area (Å²) in [5.74, 6) is 0.924. The predicted molar refractivity (Wildman–Crippen MR) is 117 cm³/mol. The number of anilines is 1. The average Bonchev–Trinajstić information content (AvgIpc) is 2.72. The van der Waals surface area contributed by atoms with Crippen LogP contribution in [0.4, 0.5) is 15.8 Å². The third-order valence-electron chi connectivity index (χ3n) is 4.16. The summed E-state index contributed by atoms with van der Waals surface area (Å²) in [6, 6.07) is 16.3. The Morgan fingerprint density at radius 2 is 1.76 bits per heavy atom. The molecule has 8 heteroatoms. The minimum absolute atomic E-state index is 0.0407. The summed E-state index contributed by atoms with van der Waals surface area (Å²) in [5, 5.41) is 14.0. The fourth-order valence-corrected chi connectivity index (χ4v) is 3.48. The Hall–Kier alpha value is -2.88. The van der Waals surface area contributed by atoms with Gasteiger partial charge in [0.05, 0.1) is 15.6 Å². The van der Waals surface area contributed by atoms with E-state index in [0.717, 1.165) is 20.4 Å². The molecule has 0 amide bonds. The van der Waals surface area contributed by atoms with E-state index < -0.39 is 4.92 Å². The molecular formula is C21H18FIN2O4. The SMILES string of the molecule is COc1cc(CNc2ccc(F)cc2)cc(I)c1OCc1ccc([N+](=O)[O-])cc1. The van der Waals surface area contributed by atoms with Crippen molar-refractivity contribution >= 4 is 34.0 Å². The van der Waals surface area contributed by atoms with E-state index in [-0.39, 0.29) is 18.1 Å². The van der Waals surface area contributed by atoms with E-state index in [2.05, 4.69) is 27.9 Å². The maximum absolute atomic E-state index is 13.0. The third kappa shape index (κ3) is 5.57. The first-order chi connectivity index (χ1) is 14.0. The van der Waals surface area contributed by atoms with Gasteiger partial charge in [-0.05, 0) is 82.2 Å². The van der Waals surface area contributed by atoms with Gasteiger partial charge in [-0.3, -0.25) is 10.1 Å². The predicted octanol–water partition coefficient (Wildman–Crippen LogP) is 5.54. The largest absolute Gasteiger partial charge is 0.493 e. The summed E-state index contributed by atoms with van der Waals surface area (Å²) in [5.41, 5.74) is 2.66. The van der Waals surface area contributed by atoms with Crippen molar-refractivity contribution in [1.29, 1.82) is 0 Å². The number of rotatable bonds is 8. The van der Waals surface area contributed by atoms with Gasteiger partial charge in [0.1, 0.15) is 12.4 Å². The molecule has 29 heavy (non-hydrogen) atoms. The number of nitro groups is 1. The maximum atomic E-state index is 13.0. The van der Waals surface area contributed by atoms with Crippen molar-refractivity contribution in [3.63, 3.8) is 0 Å². The van der Waals surface area contributed by atoms with Gasteiger partial charge in [0.25, 0.3) is 5.69 Å². The first kappa shape index (κ1) is 20.8. The first-order valence-electron chi connectivity index (χ1n) is 8.68. The van der Waals surface area contributed by atoms with Crippen molar-refractivity contribution in [2.75, 3.05) is 12.4 Å². The van der Waals surface area contributed by atoms with Crippen LogP contribution in [0.1, 0.15) is 11.1 Å². The highest BCUT2D eigenvalue weighted by Gasteiger charge is 2.13.